The van der Waals surface area contributed by atoms with Crippen LogP contribution in [0.2, 0.25) is 5.02 Å². The Kier molecular flexibility index (Phi) is 7.75. The molecule has 0 amide bonds. The molecule has 174 valence electrons. The summed E-state index contributed by atoms with van der Waals surface area (Å²) in [6, 6.07) is 17.0. The lowest BCUT2D eigenvalue weighted by Crippen LogP contribution is -2.22. The minimum atomic E-state index is -0.331. The molecule has 34 heavy (non-hydrogen) atoms. The van der Waals surface area contributed by atoms with Crippen LogP contribution in [0.3, 0.4) is 0 Å². The highest BCUT2D eigenvalue weighted by Crippen LogP contribution is 2.26. The van der Waals surface area contributed by atoms with E-state index >= 15 is 0 Å². The minimum absolute atomic E-state index is 0.0638. The van der Waals surface area contributed by atoms with E-state index in [9.17, 15) is 9.18 Å². The monoisotopic (exact) mass is 541 g/mol. The number of ether oxygens (including phenoxy) is 1. The topological polar surface area (TPSA) is 56.5 Å². The highest BCUT2D eigenvalue weighted by atomic mass is 79.9. The number of rotatable bonds is 8. The predicted molar refractivity (Wildman–Crippen MR) is 137 cm³/mol. The number of benzene rings is 3. The van der Waals surface area contributed by atoms with Gasteiger partial charge in [0.05, 0.1) is 22.1 Å². The molecule has 5 nitrogen and oxygen atoms in total. The molecule has 1 heterocycles. The number of hydrogen-bond acceptors (Lipinski definition) is 4. The molecule has 3 aromatic carbocycles. The summed E-state index contributed by atoms with van der Waals surface area (Å²) in [5.41, 5.74) is 1.54. The highest BCUT2D eigenvalue weighted by Gasteiger charge is 2.11. The zero-order chi connectivity index (χ0) is 24.1. The summed E-state index contributed by atoms with van der Waals surface area (Å²) in [5.74, 6) is 0.705. The second-order valence-corrected chi connectivity index (χ2v) is 9.05. The van der Waals surface area contributed by atoms with Crippen LogP contribution in [0.4, 0.5) is 4.39 Å². The third kappa shape index (κ3) is 5.54. The van der Waals surface area contributed by atoms with Crippen LogP contribution >= 0.6 is 27.5 Å². The molecule has 0 radical (unpaired) electrons. The van der Waals surface area contributed by atoms with Gasteiger partial charge in [-0.3, -0.25) is 4.79 Å². The van der Waals surface area contributed by atoms with Gasteiger partial charge in [-0.25, -0.2) is 9.37 Å². The summed E-state index contributed by atoms with van der Waals surface area (Å²) in [4.78, 5) is 17.8. The Labute approximate surface area is 210 Å². The Morgan fingerprint density at radius 1 is 1.18 bits per heavy atom. The first-order chi connectivity index (χ1) is 16.5. The van der Waals surface area contributed by atoms with E-state index in [2.05, 4.69) is 32.9 Å². The van der Waals surface area contributed by atoms with Gasteiger partial charge in [-0.1, -0.05) is 59.1 Å². The Morgan fingerprint density at radius 2 is 2.00 bits per heavy atom. The maximum atomic E-state index is 13.8. The number of fused-ring (bicyclic) bond motifs is 1. The molecule has 0 saturated carbocycles. The molecule has 1 aromatic heterocycles. The molecule has 0 spiro atoms. The fraction of sp³-hybridized carbons (Fsp3) is 0.192. The molecule has 0 unspecified atom stereocenters. The smallest absolute Gasteiger partial charge is 0.282 e. The summed E-state index contributed by atoms with van der Waals surface area (Å²) in [5, 5.41) is 5.29. The van der Waals surface area contributed by atoms with Gasteiger partial charge in [0.15, 0.2) is 0 Å². The number of nitrogens with zero attached hydrogens (tertiary/aromatic N) is 3. The van der Waals surface area contributed by atoms with Crippen LogP contribution < -0.4 is 10.3 Å². The summed E-state index contributed by atoms with van der Waals surface area (Å²) in [6.07, 6.45) is 4.07. The first-order valence-corrected chi connectivity index (χ1v) is 12.0. The molecular weight excluding hydrogens is 521 g/mol. The van der Waals surface area contributed by atoms with Crippen molar-refractivity contribution in [2.45, 2.75) is 32.8 Å². The Hall–Kier alpha value is -3.03. The van der Waals surface area contributed by atoms with Crippen molar-refractivity contribution in [3.63, 3.8) is 0 Å². The molecule has 0 bridgehead atoms. The van der Waals surface area contributed by atoms with Crippen molar-refractivity contribution in [1.82, 2.24) is 9.66 Å². The molecule has 0 aliphatic heterocycles. The van der Waals surface area contributed by atoms with Gasteiger partial charge in [0, 0.05) is 16.5 Å². The average molecular weight is 543 g/mol. The van der Waals surface area contributed by atoms with Crippen LogP contribution in [-0.4, -0.2) is 15.9 Å². The standard InChI is InChI=1S/C26H22BrClFN3O2/c1-2-3-8-25-31-23-11-10-19(27)14-20(23)26(33)32(25)30-15-17-9-12-24(21(28)13-17)34-16-18-6-4-5-7-22(18)29/h4-7,9-15H,2-3,8,16H2,1H3. The van der Waals surface area contributed by atoms with Gasteiger partial charge in [-0.05, 0) is 54.4 Å². The quantitative estimate of drug-likeness (QED) is 0.231. The fourth-order valence-electron chi connectivity index (χ4n) is 3.42. The second kappa shape index (κ2) is 10.9. The van der Waals surface area contributed by atoms with Gasteiger partial charge in [0.25, 0.3) is 5.56 Å². The molecule has 0 aliphatic carbocycles. The first-order valence-electron chi connectivity index (χ1n) is 10.9. The number of hydrogen-bond donors (Lipinski definition) is 0. The Bertz CT molecular complexity index is 1420. The van der Waals surface area contributed by atoms with E-state index in [1.54, 1.807) is 48.7 Å². The predicted octanol–water partition coefficient (Wildman–Crippen LogP) is 6.76. The van der Waals surface area contributed by atoms with Crippen LogP contribution in [0.5, 0.6) is 5.75 Å². The number of halogens is 3. The molecule has 0 atom stereocenters. The van der Waals surface area contributed by atoms with Crippen LogP contribution in [0.25, 0.3) is 10.9 Å². The molecule has 0 fully saturated rings. The van der Waals surface area contributed by atoms with Crippen molar-refractivity contribution in [3.8, 4) is 5.75 Å². The van der Waals surface area contributed by atoms with E-state index in [-0.39, 0.29) is 18.0 Å². The van der Waals surface area contributed by atoms with E-state index < -0.39 is 0 Å². The Balaban J connectivity index is 1.60. The van der Waals surface area contributed by atoms with E-state index in [4.69, 9.17) is 16.3 Å². The molecule has 8 heteroatoms. The molecule has 0 N–H and O–H groups in total. The first kappa shape index (κ1) is 24.1. The lowest BCUT2D eigenvalue weighted by Gasteiger charge is -2.10. The normalized spacial score (nSPS) is 11.4. The second-order valence-electron chi connectivity index (χ2n) is 7.72. The van der Waals surface area contributed by atoms with Crippen LogP contribution in [0, 0.1) is 5.82 Å². The van der Waals surface area contributed by atoms with Crippen LogP contribution in [0.1, 0.15) is 36.7 Å². The molecule has 4 aromatic rings. The zero-order valence-corrected chi connectivity index (χ0v) is 20.8. The molecule has 4 rings (SSSR count). The molecular formula is C26H22BrClFN3O2. The molecule has 0 aliphatic rings. The van der Waals surface area contributed by atoms with Crippen LogP contribution in [0.15, 0.2) is 75.0 Å². The lowest BCUT2D eigenvalue weighted by atomic mass is 10.2. The third-order valence-corrected chi connectivity index (χ3v) is 6.04. The lowest BCUT2D eigenvalue weighted by molar-refractivity contribution is 0.300. The van der Waals surface area contributed by atoms with Crippen molar-refractivity contribution < 1.29 is 9.13 Å². The van der Waals surface area contributed by atoms with Gasteiger partial charge in [-0.2, -0.15) is 9.78 Å². The average Bonchev–Trinajstić information content (AvgIpc) is 2.83. The van der Waals surface area contributed by atoms with E-state index in [1.165, 1.54) is 10.7 Å². The summed E-state index contributed by atoms with van der Waals surface area (Å²) >= 11 is 9.79. The zero-order valence-electron chi connectivity index (χ0n) is 18.5. The molecule has 0 saturated heterocycles. The number of unbranched alkanes of at least 4 members (excludes halogenated alkanes) is 1. The summed E-state index contributed by atoms with van der Waals surface area (Å²) in [7, 11) is 0. The maximum Gasteiger partial charge on any atom is 0.282 e. The van der Waals surface area contributed by atoms with Gasteiger partial charge in [0.2, 0.25) is 0 Å². The summed E-state index contributed by atoms with van der Waals surface area (Å²) < 4.78 is 21.6. The number of aryl methyl sites for hydroxylation is 1. The van der Waals surface area contributed by atoms with Crippen LogP contribution in [-0.2, 0) is 13.0 Å². The van der Waals surface area contributed by atoms with Gasteiger partial charge >= 0.3 is 0 Å². The van der Waals surface area contributed by atoms with E-state index in [0.717, 1.165) is 17.3 Å². The van der Waals surface area contributed by atoms with Crippen molar-refractivity contribution in [3.05, 3.63) is 103 Å². The van der Waals surface area contributed by atoms with Crippen molar-refractivity contribution in [2.75, 3.05) is 0 Å². The minimum Gasteiger partial charge on any atom is -0.487 e. The largest absolute Gasteiger partial charge is 0.487 e. The third-order valence-electron chi connectivity index (χ3n) is 5.25. The SMILES string of the molecule is CCCCc1nc2ccc(Br)cc2c(=O)n1N=Cc1ccc(OCc2ccccc2F)c(Cl)c1. The van der Waals surface area contributed by atoms with E-state index in [1.807, 2.05) is 12.1 Å². The van der Waals surface area contributed by atoms with Crippen molar-refractivity contribution in [1.29, 1.82) is 0 Å². The van der Waals surface area contributed by atoms with Gasteiger partial charge in [0.1, 0.15) is 24.0 Å². The summed E-state index contributed by atoms with van der Waals surface area (Å²) in [6.45, 7) is 2.15. The van der Waals surface area contributed by atoms with E-state index in [0.29, 0.717) is 45.0 Å². The van der Waals surface area contributed by atoms with Gasteiger partial charge in [-0.15, -0.1) is 0 Å². The van der Waals surface area contributed by atoms with Crippen molar-refractivity contribution >= 4 is 44.6 Å². The number of aromatic nitrogens is 2. The van der Waals surface area contributed by atoms with Gasteiger partial charge < -0.3 is 4.74 Å². The fourth-order valence-corrected chi connectivity index (χ4v) is 4.02. The maximum absolute atomic E-state index is 13.8. The Morgan fingerprint density at radius 3 is 2.76 bits per heavy atom. The van der Waals surface area contributed by atoms with Crippen molar-refractivity contribution in [2.24, 2.45) is 5.10 Å². The highest BCUT2D eigenvalue weighted by molar-refractivity contribution is 9.10.